The largest absolute Gasteiger partial charge is 0.365 e. The third-order valence-electron chi connectivity index (χ3n) is 3.07. The van der Waals surface area contributed by atoms with Crippen LogP contribution in [-0.4, -0.2) is 21.8 Å². The topological polar surface area (TPSA) is 42.7 Å². The highest BCUT2D eigenvalue weighted by molar-refractivity contribution is 7.14. The number of hydrogen-bond donors (Lipinski definition) is 1. The van der Waals surface area contributed by atoms with Gasteiger partial charge in [0.15, 0.2) is 5.13 Å². The van der Waals surface area contributed by atoms with Crippen molar-refractivity contribution in [2.24, 2.45) is 0 Å². The van der Waals surface area contributed by atoms with Crippen molar-refractivity contribution >= 4 is 28.1 Å². The summed E-state index contributed by atoms with van der Waals surface area (Å²) in [6, 6.07) is 7.62. The first kappa shape index (κ1) is 13.1. The molecule has 20 heavy (non-hydrogen) atoms. The van der Waals surface area contributed by atoms with E-state index in [1.165, 1.54) is 0 Å². The van der Waals surface area contributed by atoms with Crippen LogP contribution in [0.2, 0.25) is 5.02 Å². The summed E-state index contributed by atoms with van der Waals surface area (Å²) in [6.45, 7) is 2.04. The van der Waals surface area contributed by atoms with Gasteiger partial charge < -0.3 is 5.32 Å². The van der Waals surface area contributed by atoms with Crippen LogP contribution in [0.4, 0.5) is 5.13 Å². The van der Waals surface area contributed by atoms with Crippen LogP contribution in [0.1, 0.15) is 5.69 Å². The molecule has 3 aromatic rings. The van der Waals surface area contributed by atoms with E-state index in [-0.39, 0.29) is 0 Å². The van der Waals surface area contributed by atoms with Gasteiger partial charge in [-0.2, -0.15) is 5.10 Å². The maximum atomic E-state index is 5.91. The zero-order chi connectivity index (χ0) is 14.1. The normalized spacial score (nSPS) is 10.8. The van der Waals surface area contributed by atoms with E-state index in [0.29, 0.717) is 0 Å². The smallest absolute Gasteiger partial charge is 0.182 e. The Balaban J connectivity index is 2.02. The number of aromatic nitrogens is 3. The Morgan fingerprint density at radius 2 is 2.00 bits per heavy atom. The number of benzene rings is 1. The first-order chi connectivity index (χ1) is 9.69. The lowest BCUT2D eigenvalue weighted by Crippen LogP contribution is -1.98. The molecule has 0 saturated heterocycles. The van der Waals surface area contributed by atoms with Crippen LogP contribution in [0.3, 0.4) is 0 Å². The first-order valence-corrected chi connectivity index (χ1v) is 7.39. The fourth-order valence-corrected chi connectivity index (χ4v) is 2.81. The summed E-state index contributed by atoms with van der Waals surface area (Å²) in [5, 5.41) is 11.1. The summed E-state index contributed by atoms with van der Waals surface area (Å²) in [6.07, 6.45) is 1.85. The lowest BCUT2D eigenvalue weighted by Gasteiger charge is -2.04. The number of rotatable bonds is 3. The molecular weight excluding hydrogens is 292 g/mol. The molecule has 0 bridgehead atoms. The van der Waals surface area contributed by atoms with E-state index in [1.54, 1.807) is 11.3 Å². The Morgan fingerprint density at radius 3 is 2.65 bits per heavy atom. The molecule has 0 saturated carbocycles. The lowest BCUT2D eigenvalue weighted by atomic mass is 10.2. The molecule has 2 aromatic heterocycles. The highest BCUT2D eigenvalue weighted by Crippen LogP contribution is 2.28. The first-order valence-electron chi connectivity index (χ1n) is 6.13. The Bertz CT molecular complexity index is 730. The van der Waals surface area contributed by atoms with Gasteiger partial charge in [0, 0.05) is 23.0 Å². The second kappa shape index (κ2) is 5.26. The molecule has 2 heterocycles. The third kappa shape index (κ3) is 2.30. The molecule has 102 valence electrons. The molecule has 4 nitrogen and oxygen atoms in total. The fraction of sp³-hybridized carbons (Fsp3) is 0.143. The molecule has 0 unspecified atom stereocenters. The van der Waals surface area contributed by atoms with Crippen LogP contribution in [0, 0.1) is 6.92 Å². The number of nitrogens with zero attached hydrogens (tertiary/aromatic N) is 3. The van der Waals surface area contributed by atoms with Crippen LogP contribution in [0.15, 0.2) is 35.8 Å². The van der Waals surface area contributed by atoms with Crippen LogP contribution >= 0.6 is 22.9 Å². The standard InChI is InChI=1S/C14H13ClN4S/c1-9-12(13-8-20-14(16-2)18-13)7-17-19(9)11-5-3-10(15)4-6-11/h3-8H,1-2H3,(H,16,18). The molecule has 0 aliphatic carbocycles. The number of nitrogens with one attached hydrogen (secondary N) is 1. The molecule has 3 rings (SSSR count). The maximum Gasteiger partial charge on any atom is 0.182 e. The van der Waals surface area contributed by atoms with E-state index in [1.807, 2.05) is 54.5 Å². The summed E-state index contributed by atoms with van der Waals surface area (Å²) < 4.78 is 1.89. The zero-order valence-corrected chi connectivity index (χ0v) is 12.7. The van der Waals surface area contributed by atoms with Gasteiger partial charge in [0.1, 0.15) is 0 Å². The number of halogens is 1. The van der Waals surface area contributed by atoms with Gasteiger partial charge in [-0.1, -0.05) is 11.6 Å². The molecule has 0 amide bonds. The van der Waals surface area contributed by atoms with E-state index >= 15 is 0 Å². The van der Waals surface area contributed by atoms with E-state index in [2.05, 4.69) is 15.4 Å². The van der Waals surface area contributed by atoms with E-state index < -0.39 is 0 Å². The van der Waals surface area contributed by atoms with Crippen LogP contribution in [0.5, 0.6) is 0 Å². The minimum Gasteiger partial charge on any atom is -0.365 e. The van der Waals surface area contributed by atoms with Crippen molar-refractivity contribution in [1.29, 1.82) is 0 Å². The van der Waals surface area contributed by atoms with E-state index in [0.717, 1.165) is 32.8 Å². The lowest BCUT2D eigenvalue weighted by molar-refractivity contribution is 0.847. The Labute approximate surface area is 126 Å². The van der Waals surface area contributed by atoms with Crippen molar-refractivity contribution < 1.29 is 0 Å². The molecule has 1 aromatic carbocycles. The zero-order valence-electron chi connectivity index (χ0n) is 11.1. The van der Waals surface area contributed by atoms with Crippen LogP contribution in [0.25, 0.3) is 16.9 Å². The predicted molar refractivity (Wildman–Crippen MR) is 84.0 cm³/mol. The highest BCUT2D eigenvalue weighted by Gasteiger charge is 2.12. The summed E-state index contributed by atoms with van der Waals surface area (Å²) in [5.41, 5.74) is 4.03. The summed E-state index contributed by atoms with van der Waals surface area (Å²) in [7, 11) is 1.87. The quantitative estimate of drug-likeness (QED) is 0.795. The van der Waals surface area contributed by atoms with Crippen molar-refractivity contribution in [1.82, 2.24) is 14.8 Å². The second-order valence-electron chi connectivity index (χ2n) is 4.32. The van der Waals surface area contributed by atoms with Crippen LogP contribution in [-0.2, 0) is 0 Å². The molecule has 0 spiro atoms. The maximum absolute atomic E-state index is 5.91. The van der Waals surface area contributed by atoms with Gasteiger partial charge in [-0.3, -0.25) is 0 Å². The van der Waals surface area contributed by atoms with Gasteiger partial charge in [0.05, 0.1) is 23.3 Å². The molecule has 0 atom stereocenters. The molecule has 0 radical (unpaired) electrons. The molecule has 6 heteroatoms. The van der Waals surface area contributed by atoms with E-state index in [9.17, 15) is 0 Å². The van der Waals surface area contributed by atoms with Crippen molar-refractivity contribution in [3.63, 3.8) is 0 Å². The van der Waals surface area contributed by atoms with Gasteiger partial charge >= 0.3 is 0 Å². The minimum atomic E-state index is 0.719. The summed E-state index contributed by atoms with van der Waals surface area (Å²) in [4.78, 5) is 4.51. The van der Waals surface area contributed by atoms with E-state index in [4.69, 9.17) is 11.6 Å². The molecule has 0 aliphatic heterocycles. The minimum absolute atomic E-state index is 0.719. The monoisotopic (exact) mass is 304 g/mol. The second-order valence-corrected chi connectivity index (χ2v) is 5.61. The summed E-state index contributed by atoms with van der Waals surface area (Å²) in [5.74, 6) is 0. The Kier molecular flexibility index (Phi) is 3.46. The fourth-order valence-electron chi connectivity index (χ4n) is 2.02. The Morgan fingerprint density at radius 1 is 1.25 bits per heavy atom. The molecule has 0 aliphatic rings. The van der Waals surface area contributed by atoms with Gasteiger partial charge in [-0.25, -0.2) is 9.67 Å². The third-order valence-corrected chi connectivity index (χ3v) is 4.19. The van der Waals surface area contributed by atoms with Crippen molar-refractivity contribution in [3.8, 4) is 16.9 Å². The number of hydrogen-bond acceptors (Lipinski definition) is 4. The highest BCUT2D eigenvalue weighted by atomic mass is 35.5. The van der Waals surface area contributed by atoms with Gasteiger partial charge in [0.2, 0.25) is 0 Å². The van der Waals surface area contributed by atoms with Gasteiger partial charge in [0.25, 0.3) is 0 Å². The van der Waals surface area contributed by atoms with Crippen LogP contribution < -0.4 is 5.32 Å². The van der Waals surface area contributed by atoms with Crippen molar-refractivity contribution in [2.75, 3.05) is 12.4 Å². The Hall–Kier alpha value is -1.85. The van der Waals surface area contributed by atoms with Gasteiger partial charge in [-0.05, 0) is 31.2 Å². The van der Waals surface area contributed by atoms with Gasteiger partial charge in [-0.15, -0.1) is 11.3 Å². The predicted octanol–water partition coefficient (Wildman–Crippen LogP) is 4.00. The number of anilines is 1. The average Bonchev–Trinajstić information content (AvgIpc) is 3.06. The average molecular weight is 305 g/mol. The molecule has 1 N–H and O–H groups in total. The van der Waals surface area contributed by atoms with Crippen molar-refractivity contribution in [2.45, 2.75) is 6.92 Å². The molecule has 0 fully saturated rings. The molecular formula is C14H13ClN4S. The summed E-state index contributed by atoms with van der Waals surface area (Å²) >= 11 is 7.50. The van der Waals surface area contributed by atoms with Crippen molar-refractivity contribution in [3.05, 3.63) is 46.6 Å². The SMILES string of the molecule is CNc1nc(-c2cnn(-c3ccc(Cl)cc3)c2C)cs1. The number of thiazole rings is 1.